The fourth-order valence-electron chi connectivity index (χ4n) is 2.76. The maximum atomic E-state index is 13.0. The lowest BCUT2D eigenvalue weighted by Gasteiger charge is -2.21. The summed E-state index contributed by atoms with van der Waals surface area (Å²) in [6, 6.07) is 13.7. The molecule has 26 heavy (non-hydrogen) atoms. The highest BCUT2D eigenvalue weighted by Gasteiger charge is 2.17. The van der Waals surface area contributed by atoms with Gasteiger partial charge in [0.05, 0.1) is 11.3 Å². The second-order valence-corrected chi connectivity index (χ2v) is 6.07. The van der Waals surface area contributed by atoms with Crippen molar-refractivity contribution in [1.29, 1.82) is 0 Å². The number of carbonyl (C=O) groups is 1. The van der Waals surface area contributed by atoms with Crippen LogP contribution in [0.5, 0.6) is 0 Å². The molecule has 0 aliphatic carbocycles. The molecule has 2 aromatic heterocycles. The molecule has 0 fully saturated rings. The van der Waals surface area contributed by atoms with Gasteiger partial charge in [-0.2, -0.15) is 0 Å². The Kier molecular flexibility index (Phi) is 5.59. The SMILES string of the molecule is CCN(C(=O)c1cncc(NCc2cccnc2)c1)c1cccc(C)c1. The first-order valence-corrected chi connectivity index (χ1v) is 8.63. The largest absolute Gasteiger partial charge is 0.380 e. The smallest absolute Gasteiger partial charge is 0.259 e. The van der Waals surface area contributed by atoms with Crippen molar-refractivity contribution < 1.29 is 4.79 Å². The van der Waals surface area contributed by atoms with Crippen molar-refractivity contribution in [3.63, 3.8) is 0 Å². The third-order valence-corrected chi connectivity index (χ3v) is 4.08. The third-order valence-electron chi connectivity index (χ3n) is 4.08. The Morgan fingerprint density at radius 1 is 1.08 bits per heavy atom. The lowest BCUT2D eigenvalue weighted by molar-refractivity contribution is 0.0988. The monoisotopic (exact) mass is 346 g/mol. The van der Waals surface area contributed by atoms with Gasteiger partial charge in [-0.25, -0.2) is 0 Å². The molecule has 5 nitrogen and oxygen atoms in total. The first-order valence-electron chi connectivity index (χ1n) is 8.63. The van der Waals surface area contributed by atoms with E-state index in [1.54, 1.807) is 23.5 Å². The van der Waals surface area contributed by atoms with Crippen LogP contribution in [-0.4, -0.2) is 22.4 Å². The van der Waals surface area contributed by atoms with E-state index < -0.39 is 0 Å². The number of aromatic nitrogens is 2. The minimum atomic E-state index is -0.0596. The Hall–Kier alpha value is -3.21. The number of hydrogen-bond donors (Lipinski definition) is 1. The number of benzene rings is 1. The fourth-order valence-corrected chi connectivity index (χ4v) is 2.76. The molecule has 0 bridgehead atoms. The van der Waals surface area contributed by atoms with Crippen molar-refractivity contribution in [3.05, 3.63) is 83.9 Å². The molecule has 3 aromatic rings. The molecule has 1 amide bonds. The summed E-state index contributed by atoms with van der Waals surface area (Å²) in [5, 5.41) is 3.29. The first-order chi connectivity index (χ1) is 12.7. The van der Waals surface area contributed by atoms with Gasteiger partial charge in [-0.05, 0) is 49.2 Å². The molecular weight excluding hydrogens is 324 g/mol. The van der Waals surface area contributed by atoms with Gasteiger partial charge >= 0.3 is 0 Å². The van der Waals surface area contributed by atoms with Gasteiger partial charge in [0.25, 0.3) is 5.91 Å². The lowest BCUT2D eigenvalue weighted by Crippen LogP contribution is -2.30. The van der Waals surface area contributed by atoms with Crippen molar-refractivity contribution in [3.8, 4) is 0 Å². The van der Waals surface area contributed by atoms with Crippen molar-refractivity contribution >= 4 is 17.3 Å². The van der Waals surface area contributed by atoms with Gasteiger partial charge in [-0.1, -0.05) is 18.2 Å². The number of carbonyl (C=O) groups excluding carboxylic acids is 1. The summed E-state index contributed by atoms with van der Waals surface area (Å²) < 4.78 is 0. The second kappa shape index (κ2) is 8.25. The van der Waals surface area contributed by atoms with E-state index in [-0.39, 0.29) is 5.91 Å². The van der Waals surface area contributed by atoms with Crippen molar-refractivity contribution in [2.45, 2.75) is 20.4 Å². The molecule has 0 aliphatic rings. The minimum absolute atomic E-state index is 0.0596. The Morgan fingerprint density at radius 2 is 1.96 bits per heavy atom. The average Bonchev–Trinajstić information content (AvgIpc) is 2.68. The van der Waals surface area contributed by atoms with Gasteiger partial charge in [-0.3, -0.25) is 14.8 Å². The van der Waals surface area contributed by atoms with Gasteiger partial charge in [-0.15, -0.1) is 0 Å². The zero-order chi connectivity index (χ0) is 18.4. The molecule has 0 unspecified atom stereocenters. The summed E-state index contributed by atoms with van der Waals surface area (Å²) in [4.78, 5) is 23.0. The fraction of sp³-hybridized carbons (Fsp3) is 0.190. The number of amides is 1. The normalized spacial score (nSPS) is 10.4. The minimum Gasteiger partial charge on any atom is -0.380 e. The first kappa shape index (κ1) is 17.6. The molecule has 3 rings (SSSR count). The van der Waals surface area contributed by atoms with Gasteiger partial charge in [0.15, 0.2) is 0 Å². The molecule has 0 radical (unpaired) electrons. The highest BCUT2D eigenvalue weighted by atomic mass is 16.2. The summed E-state index contributed by atoms with van der Waals surface area (Å²) in [7, 11) is 0. The number of pyridine rings is 2. The predicted octanol–water partition coefficient (Wildman–Crippen LogP) is 4.06. The van der Waals surface area contributed by atoms with E-state index in [0.29, 0.717) is 18.7 Å². The summed E-state index contributed by atoms with van der Waals surface area (Å²) in [6.45, 7) is 5.21. The quantitative estimate of drug-likeness (QED) is 0.731. The number of nitrogens with one attached hydrogen (secondary N) is 1. The Bertz CT molecular complexity index is 880. The number of nitrogens with zero attached hydrogens (tertiary/aromatic N) is 3. The number of rotatable bonds is 6. The lowest BCUT2D eigenvalue weighted by atomic mass is 10.1. The molecule has 0 atom stereocenters. The molecular formula is C21H22N4O. The standard InChI is InChI=1S/C21H22N4O/c1-3-25(20-8-4-6-16(2)10-20)21(26)18-11-19(15-23-14-18)24-13-17-7-5-9-22-12-17/h4-12,14-15,24H,3,13H2,1-2H3. The predicted molar refractivity (Wildman–Crippen MR) is 104 cm³/mol. The van der Waals surface area contributed by atoms with Crippen molar-refractivity contribution in [2.75, 3.05) is 16.8 Å². The molecule has 1 N–H and O–H groups in total. The third kappa shape index (κ3) is 4.25. The van der Waals surface area contributed by atoms with E-state index in [1.807, 2.05) is 62.5 Å². The van der Waals surface area contributed by atoms with Crippen LogP contribution >= 0.6 is 0 Å². The van der Waals surface area contributed by atoms with E-state index in [2.05, 4.69) is 15.3 Å². The molecule has 0 aliphatic heterocycles. The summed E-state index contributed by atoms with van der Waals surface area (Å²) in [6.07, 6.45) is 6.88. The zero-order valence-electron chi connectivity index (χ0n) is 15.0. The van der Waals surface area contributed by atoms with Crippen LogP contribution in [0.15, 0.2) is 67.3 Å². The van der Waals surface area contributed by atoms with Gasteiger partial charge < -0.3 is 10.2 Å². The van der Waals surface area contributed by atoms with E-state index in [1.165, 1.54) is 0 Å². The topological polar surface area (TPSA) is 58.1 Å². The van der Waals surface area contributed by atoms with E-state index in [9.17, 15) is 4.79 Å². The van der Waals surface area contributed by atoms with Crippen LogP contribution in [0.25, 0.3) is 0 Å². The number of aryl methyl sites for hydroxylation is 1. The van der Waals surface area contributed by atoms with Gasteiger partial charge in [0.1, 0.15) is 0 Å². The maximum Gasteiger partial charge on any atom is 0.259 e. The maximum absolute atomic E-state index is 13.0. The van der Waals surface area contributed by atoms with Crippen LogP contribution in [0.4, 0.5) is 11.4 Å². The second-order valence-electron chi connectivity index (χ2n) is 6.07. The van der Waals surface area contributed by atoms with Crippen LogP contribution in [0, 0.1) is 6.92 Å². The van der Waals surface area contributed by atoms with Crippen LogP contribution in [0.3, 0.4) is 0 Å². The van der Waals surface area contributed by atoms with E-state index in [0.717, 1.165) is 22.5 Å². The average molecular weight is 346 g/mol. The molecule has 132 valence electrons. The zero-order valence-corrected chi connectivity index (χ0v) is 15.0. The Morgan fingerprint density at radius 3 is 2.69 bits per heavy atom. The highest BCUT2D eigenvalue weighted by Crippen LogP contribution is 2.19. The van der Waals surface area contributed by atoms with Crippen LogP contribution in [0.1, 0.15) is 28.4 Å². The highest BCUT2D eigenvalue weighted by molar-refractivity contribution is 6.06. The Balaban J connectivity index is 1.76. The molecule has 0 saturated carbocycles. The van der Waals surface area contributed by atoms with Crippen molar-refractivity contribution in [1.82, 2.24) is 9.97 Å². The van der Waals surface area contributed by atoms with Crippen LogP contribution in [-0.2, 0) is 6.54 Å². The molecule has 5 heteroatoms. The van der Waals surface area contributed by atoms with Crippen LogP contribution in [0.2, 0.25) is 0 Å². The molecule has 2 heterocycles. The number of anilines is 2. The summed E-state index contributed by atoms with van der Waals surface area (Å²) in [5.74, 6) is -0.0596. The van der Waals surface area contributed by atoms with E-state index in [4.69, 9.17) is 0 Å². The van der Waals surface area contributed by atoms with Crippen LogP contribution < -0.4 is 10.2 Å². The molecule has 0 saturated heterocycles. The van der Waals surface area contributed by atoms with E-state index >= 15 is 0 Å². The number of hydrogen-bond acceptors (Lipinski definition) is 4. The molecule has 1 aromatic carbocycles. The Labute approximate surface area is 153 Å². The van der Waals surface area contributed by atoms with Gasteiger partial charge in [0, 0.05) is 43.6 Å². The summed E-state index contributed by atoms with van der Waals surface area (Å²) in [5.41, 5.74) is 4.45. The van der Waals surface area contributed by atoms with Crippen molar-refractivity contribution in [2.24, 2.45) is 0 Å². The molecule has 0 spiro atoms. The summed E-state index contributed by atoms with van der Waals surface area (Å²) >= 11 is 0. The van der Waals surface area contributed by atoms with Gasteiger partial charge in [0.2, 0.25) is 0 Å².